The van der Waals surface area contributed by atoms with Crippen LogP contribution in [0.25, 0.3) is 0 Å². The zero-order valence-electron chi connectivity index (χ0n) is 15.2. The van der Waals surface area contributed by atoms with Gasteiger partial charge in [0.25, 0.3) is 11.6 Å². The van der Waals surface area contributed by atoms with Crippen molar-refractivity contribution in [2.24, 2.45) is 11.8 Å². The van der Waals surface area contributed by atoms with Crippen LogP contribution in [0.1, 0.15) is 40.0 Å². The molecule has 0 bridgehead atoms. The van der Waals surface area contributed by atoms with Gasteiger partial charge in [-0.05, 0) is 31.2 Å². The molecule has 1 amide bonds. The molecule has 1 aromatic carbocycles. The summed E-state index contributed by atoms with van der Waals surface area (Å²) in [5.41, 5.74) is -0.113. The van der Waals surface area contributed by atoms with Crippen LogP contribution in [0.2, 0.25) is 0 Å². The van der Waals surface area contributed by atoms with Gasteiger partial charge in [-0.15, -0.1) is 0 Å². The van der Waals surface area contributed by atoms with E-state index in [9.17, 15) is 14.9 Å². The van der Waals surface area contributed by atoms with E-state index < -0.39 is 11.0 Å². The molecular formula is C18H26N2O5. The molecule has 1 aromatic rings. The van der Waals surface area contributed by atoms with E-state index in [4.69, 9.17) is 9.47 Å². The Labute approximate surface area is 147 Å². The molecule has 138 valence electrons. The van der Waals surface area contributed by atoms with Crippen molar-refractivity contribution in [3.05, 3.63) is 28.3 Å². The second-order valence-electron chi connectivity index (χ2n) is 6.73. The van der Waals surface area contributed by atoms with Gasteiger partial charge in [0.05, 0.1) is 18.1 Å². The van der Waals surface area contributed by atoms with Crippen molar-refractivity contribution in [1.82, 2.24) is 5.32 Å². The fraction of sp³-hybridized carbons (Fsp3) is 0.611. The van der Waals surface area contributed by atoms with Gasteiger partial charge in [0, 0.05) is 12.1 Å². The van der Waals surface area contributed by atoms with Gasteiger partial charge in [-0.2, -0.15) is 0 Å². The van der Waals surface area contributed by atoms with Gasteiger partial charge in [-0.3, -0.25) is 14.9 Å². The van der Waals surface area contributed by atoms with Gasteiger partial charge >= 0.3 is 0 Å². The Balaban J connectivity index is 2.05. The highest BCUT2D eigenvalue weighted by molar-refractivity contribution is 5.81. The van der Waals surface area contributed by atoms with Gasteiger partial charge in [0.15, 0.2) is 17.6 Å². The summed E-state index contributed by atoms with van der Waals surface area (Å²) in [5.74, 6) is 1.30. The molecule has 4 atom stereocenters. The Bertz CT molecular complexity index is 634. The van der Waals surface area contributed by atoms with Gasteiger partial charge in [0.2, 0.25) is 0 Å². The number of benzene rings is 1. The molecule has 7 heteroatoms. The highest BCUT2D eigenvalue weighted by Crippen LogP contribution is 2.32. The largest absolute Gasteiger partial charge is 0.493 e. The molecule has 0 saturated heterocycles. The maximum atomic E-state index is 12.5. The van der Waals surface area contributed by atoms with Crippen molar-refractivity contribution in [3.8, 4) is 11.5 Å². The molecule has 1 aliphatic rings. The first-order valence-electron chi connectivity index (χ1n) is 8.63. The Morgan fingerprint density at radius 3 is 2.68 bits per heavy atom. The van der Waals surface area contributed by atoms with E-state index in [2.05, 4.69) is 19.2 Å². The van der Waals surface area contributed by atoms with Crippen molar-refractivity contribution in [3.63, 3.8) is 0 Å². The predicted molar refractivity (Wildman–Crippen MR) is 93.8 cm³/mol. The summed E-state index contributed by atoms with van der Waals surface area (Å²) >= 11 is 0. The van der Waals surface area contributed by atoms with Crippen LogP contribution in [0.4, 0.5) is 5.69 Å². The molecule has 1 N–H and O–H groups in total. The quantitative estimate of drug-likeness (QED) is 0.628. The zero-order chi connectivity index (χ0) is 18.6. The average Bonchev–Trinajstić information content (AvgIpc) is 2.58. The summed E-state index contributed by atoms with van der Waals surface area (Å²) in [6.07, 6.45) is 2.47. The highest BCUT2D eigenvalue weighted by Gasteiger charge is 2.30. The number of nitrogens with one attached hydrogen (secondary N) is 1. The topological polar surface area (TPSA) is 90.7 Å². The molecular weight excluding hydrogens is 324 g/mol. The van der Waals surface area contributed by atoms with Crippen molar-refractivity contribution in [1.29, 1.82) is 0 Å². The average molecular weight is 350 g/mol. The SMILES string of the molecule is COc1ccc([N+](=O)[O-])cc1O[C@H](C)C(=O)N[C@H]1CCC[C@@H](C)[C@H]1C. The molecule has 0 spiro atoms. The second kappa shape index (κ2) is 8.18. The molecule has 2 rings (SSSR count). The second-order valence-corrected chi connectivity index (χ2v) is 6.73. The van der Waals surface area contributed by atoms with Gasteiger partial charge in [-0.25, -0.2) is 0 Å². The van der Waals surface area contributed by atoms with Crippen LogP contribution in [0.5, 0.6) is 11.5 Å². The van der Waals surface area contributed by atoms with E-state index in [1.54, 1.807) is 6.92 Å². The number of hydrogen-bond acceptors (Lipinski definition) is 5. The smallest absolute Gasteiger partial charge is 0.273 e. The van der Waals surface area contributed by atoms with Crippen molar-refractivity contribution < 1.29 is 19.2 Å². The number of hydrogen-bond donors (Lipinski definition) is 1. The molecule has 25 heavy (non-hydrogen) atoms. The molecule has 7 nitrogen and oxygen atoms in total. The Kier molecular flexibility index (Phi) is 6.22. The Hall–Kier alpha value is -2.31. The number of carbonyl (C=O) groups is 1. The predicted octanol–water partition coefficient (Wildman–Crippen LogP) is 3.31. The number of nitrogens with zero attached hydrogens (tertiary/aromatic N) is 1. The number of non-ortho nitro benzene ring substituents is 1. The van der Waals surface area contributed by atoms with E-state index in [-0.39, 0.29) is 23.4 Å². The summed E-state index contributed by atoms with van der Waals surface area (Å²) in [6, 6.07) is 4.20. The normalized spacial score (nSPS) is 24.2. The molecule has 0 aliphatic heterocycles. The maximum absolute atomic E-state index is 12.5. The van der Waals surface area contributed by atoms with Crippen molar-refractivity contribution in [2.75, 3.05) is 7.11 Å². The lowest BCUT2D eigenvalue weighted by Crippen LogP contribution is -2.48. The van der Waals surface area contributed by atoms with Gasteiger partial charge in [0.1, 0.15) is 0 Å². The summed E-state index contributed by atoms with van der Waals surface area (Å²) in [5, 5.41) is 14.0. The first-order chi connectivity index (χ1) is 11.8. The molecule has 1 aliphatic carbocycles. The van der Waals surface area contributed by atoms with E-state index in [0.717, 1.165) is 12.8 Å². The lowest BCUT2D eigenvalue weighted by molar-refractivity contribution is -0.385. The fourth-order valence-electron chi connectivity index (χ4n) is 3.20. The molecule has 0 radical (unpaired) electrons. The third-order valence-corrected chi connectivity index (χ3v) is 5.07. The summed E-state index contributed by atoms with van der Waals surface area (Å²) in [7, 11) is 1.45. The number of carbonyl (C=O) groups excluding carboxylic acids is 1. The van der Waals surface area contributed by atoms with Gasteiger partial charge < -0.3 is 14.8 Å². The summed E-state index contributed by atoms with van der Waals surface area (Å²) in [6.45, 7) is 5.99. The van der Waals surface area contributed by atoms with Crippen LogP contribution < -0.4 is 14.8 Å². The zero-order valence-corrected chi connectivity index (χ0v) is 15.2. The monoisotopic (exact) mass is 350 g/mol. The minimum atomic E-state index is -0.777. The van der Waals surface area contributed by atoms with E-state index in [0.29, 0.717) is 17.6 Å². The van der Waals surface area contributed by atoms with Crippen molar-refractivity contribution in [2.45, 2.75) is 52.2 Å². The third-order valence-electron chi connectivity index (χ3n) is 5.07. The lowest BCUT2D eigenvalue weighted by Gasteiger charge is -2.35. The lowest BCUT2D eigenvalue weighted by atomic mass is 9.78. The van der Waals surface area contributed by atoms with Crippen LogP contribution in [0.15, 0.2) is 18.2 Å². The van der Waals surface area contributed by atoms with Crippen LogP contribution in [-0.4, -0.2) is 30.1 Å². The molecule has 1 fully saturated rings. The summed E-state index contributed by atoms with van der Waals surface area (Å²) in [4.78, 5) is 22.9. The molecule has 1 saturated carbocycles. The number of methoxy groups -OCH3 is 1. The fourth-order valence-corrected chi connectivity index (χ4v) is 3.20. The molecule has 0 heterocycles. The third kappa shape index (κ3) is 4.61. The Morgan fingerprint density at radius 1 is 1.32 bits per heavy atom. The van der Waals surface area contributed by atoms with Crippen LogP contribution in [0, 0.1) is 22.0 Å². The summed E-state index contributed by atoms with van der Waals surface area (Å²) < 4.78 is 10.8. The van der Waals surface area contributed by atoms with Crippen LogP contribution >= 0.6 is 0 Å². The first kappa shape index (κ1) is 19.0. The molecule has 0 unspecified atom stereocenters. The number of rotatable bonds is 6. The molecule has 0 aromatic heterocycles. The standard InChI is InChI=1S/C18H26N2O5/c1-11-6-5-7-15(12(11)2)19-18(21)13(3)25-17-10-14(20(22)23)8-9-16(17)24-4/h8-13,15H,5-7H2,1-4H3,(H,19,21)/t11-,12-,13-,15+/m1/s1. The van der Waals surface area contributed by atoms with Crippen molar-refractivity contribution >= 4 is 11.6 Å². The maximum Gasteiger partial charge on any atom is 0.273 e. The van der Waals surface area contributed by atoms with E-state index >= 15 is 0 Å². The number of nitro benzene ring substituents is 1. The highest BCUT2D eigenvalue weighted by atomic mass is 16.6. The van der Waals surface area contributed by atoms with E-state index in [1.807, 2.05) is 0 Å². The number of ether oxygens (including phenoxy) is 2. The minimum Gasteiger partial charge on any atom is -0.493 e. The Morgan fingerprint density at radius 2 is 2.04 bits per heavy atom. The first-order valence-corrected chi connectivity index (χ1v) is 8.63. The minimum absolute atomic E-state index is 0.113. The number of nitro groups is 1. The number of amides is 1. The van der Waals surface area contributed by atoms with Crippen LogP contribution in [-0.2, 0) is 4.79 Å². The van der Waals surface area contributed by atoms with E-state index in [1.165, 1.54) is 31.7 Å². The van der Waals surface area contributed by atoms with Gasteiger partial charge in [-0.1, -0.05) is 26.7 Å². The van der Waals surface area contributed by atoms with Crippen LogP contribution in [0.3, 0.4) is 0 Å².